The Morgan fingerprint density at radius 1 is 1.12 bits per heavy atom. The minimum Gasteiger partial charge on any atom is -0.241 e. The summed E-state index contributed by atoms with van der Waals surface area (Å²) in [5.74, 6) is 0.163. The number of aromatic nitrogens is 1. The molecule has 0 bridgehead atoms. The van der Waals surface area contributed by atoms with Crippen LogP contribution in [0.3, 0.4) is 0 Å². The first-order valence-electron chi connectivity index (χ1n) is 8.15. The zero-order valence-corrected chi connectivity index (χ0v) is 16.6. The van der Waals surface area contributed by atoms with Crippen molar-refractivity contribution in [2.24, 2.45) is 0 Å². The Morgan fingerprint density at radius 3 is 2.64 bits per heavy atom. The van der Waals surface area contributed by atoms with Gasteiger partial charge >= 0.3 is 0 Å². The number of rotatable bonds is 3. The van der Waals surface area contributed by atoms with Crippen molar-refractivity contribution in [1.29, 1.82) is 0 Å². The molecular formula is C18H17BrN2O2S2. The fraction of sp³-hybridized carbons (Fsp3) is 0.278. The standard InChI is InChI=1S/C18H17BrN2O2S2/c19-14-7-9-15(10-8-14)25(22,23)21-11-3-4-13(12-21)18-20-16-5-1-2-6-17(16)24-18/h1-2,5-10,13H,3-4,11-12H2. The number of para-hydroxylation sites is 1. The first-order chi connectivity index (χ1) is 12.0. The minimum absolute atomic E-state index is 0.163. The molecule has 3 aromatic rings. The number of piperidine rings is 1. The average molecular weight is 437 g/mol. The van der Waals surface area contributed by atoms with Crippen LogP contribution in [-0.2, 0) is 10.0 Å². The van der Waals surface area contributed by atoms with Crippen LogP contribution in [0.15, 0.2) is 57.9 Å². The second-order valence-corrected chi connectivity index (χ2v) is 10.1. The van der Waals surface area contributed by atoms with E-state index in [1.165, 1.54) is 0 Å². The molecule has 0 radical (unpaired) electrons. The zero-order chi connectivity index (χ0) is 17.4. The number of benzene rings is 2. The van der Waals surface area contributed by atoms with E-state index in [4.69, 9.17) is 4.98 Å². The first kappa shape index (κ1) is 17.1. The van der Waals surface area contributed by atoms with Crippen molar-refractivity contribution in [3.8, 4) is 0 Å². The number of sulfonamides is 1. The van der Waals surface area contributed by atoms with Gasteiger partial charge < -0.3 is 0 Å². The van der Waals surface area contributed by atoms with E-state index >= 15 is 0 Å². The van der Waals surface area contributed by atoms with E-state index in [1.54, 1.807) is 39.9 Å². The Hall–Kier alpha value is -1.28. The third kappa shape index (κ3) is 3.38. The molecular weight excluding hydrogens is 420 g/mol. The van der Waals surface area contributed by atoms with Crippen LogP contribution in [0, 0.1) is 0 Å². The lowest BCUT2D eigenvalue weighted by Gasteiger charge is -2.31. The molecule has 0 spiro atoms. The maximum absolute atomic E-state index is 12.9. The van der Waals surface area contributed by atoms with Crippen molar-refractivity contribution in [1.82, 2.24) is 9.29 Å². The molecule has 1 aromatic heterocycles. The summed E-state index contributed by atoms with van der Waals surface area (Å²) in [6.45, 7) is 1.07. The molecule has 4 rings (SSSR count). The van der Waals surface area contributed by atoms with Gasteiger partial charge in [-0.1, -0.05) is 28.1 Å². The normalized spacial score (nSPS) is 19.3. The zero-order valence-electron chi connectivity index (χ0n) is 13.4. The molecule has 25 heavy (non-hydrogen) atoms. The molecule has 1 fully saturated rings. The molecule has 1 saturated heterocycles. The largest absolute Gasteiger partial charge is 0.243 e. The van der Waals surface area contributed by atoms with Crippen molar-refractivity contribution >= 4 is 47.5 Å². The molecule has 0 amide bonds. The van der Waals surface area contributed by atoms with Gasteiger partial charge in [-0.15, -0.1) is 11.3 Å². The summed E-state index contributed by atoms with van der Waals surface area (Å²) < 4.78 is 29.5. The van der Waals surface area contributed by atoms with Crippen LogP contribution in [0.2, 0.25) is 0 Å². The maximum atomic E-state index is 12.9. The van der Waals surface area contributed by atoms with Crippen LogP contribution in [0.25, 0.3) is 10.2 Å². The fourth-order valence-corrected chi connectivity index (χ4v) is 6.06. The molecule has 2 heterocycles. The summed E-state index contributed by atoms with van der Waals surface area (Å²) >= 11 is 5.03. The van der Waals surface area contributed by atoms with Crippen LogP contribution in [0.1, 0.15) is 23.8 Å². The van der Waals surface area contributed by atoms with Crippen molar-refractivity contribution in [3.63, 3.8) is 0 Å². The molecule has 0 saturated carbocycles. The monoisotopic (exact) mass is 436 g/mol. The molecule has 7 heteroatoms. The van der Waals surface area contributed by atoms with Crippen LogP contribution < -0.4 is 0 Å². The van der Waals surface area contributed by atoms with Gasteiger partial charge in [-0.3, -0.25) is 0 Å². The van der Waals surface area contributed by atoms with Crippen molar-refractivity contribution < 1.29 is 8.42 Å². The van der Waals surface area contributed by atoms with Crippen molar-refractivity contribution in [2.45, 2.75) is 23.7 Å². The van der Waals surface area contributed by atoms with Gasteiger partial charge in [0.05, 0.1) is 20.1 Å². The van der Waals surface area contributed by atoms with E-state index in [-0.39, 0.29) is 5.92 Å². The van der Waals surface area contributed by atoms with Gasteiger partial charge in [-0.25, -0.2) is 13.4 Å². The number of nitrogens with zero attached hydrogens (tertiary/aromatic N) is 2. The molecule has 4 nitrogen and oxygen atoms in total. The SMILES string of the molecule is O=S(=O)(c1ccc(Br)cc1)N1CCCC(c2nc3ccccc3s2)C1. The highest BCUT2D eigenvalue weighted by atomic mass is 79.9. The summed E-state index contributed by atoms with van der Waals surface area (Å²) in [4.78, 5) is 5.08. The van der Waals surface area contributed by atoms with Crippen LogP contribution in [-0.4, -0.2) is 30.8 Å². The van der Waals surface area contributed by atoms with E-state index in [9.17, 15) is 8.42 Å². The van der Waals surface area contributed by atoms with Gasteiger partial charge in [0.1, 0.15) is 0 Å². The Balaban J connectivity index is 1.61. The van der Waals surface area contributed by atoms with Crippen LogP contribution in [0.4, 0.5) is 0 Å². The number of hydrogen-bond acceptors (Lipinski definition) is 4. The number of fused-ring (bicyclic) bond motifs is 1. The lowest BCUT2D eigenvalue weighted by atomic mass is 10.0. The topological polar surface area (TPSA) is 50.3 Å². The number of halogens is 1. The van der Waals surface area contributed by atoms with Gasteiger partial charge in [0.2, 0.25) is 10.0 Å². The van der Waals surface area contributed by atoms with Gasteiger partial charge in [-0.2, -0.15) is 4.31 Å². The molecule has 1 aliphatic heterocycles. The van der Waals surface area contributed by atoms with Crippen molar-refractivity contribution in [3.05, 3.63) is 58.0 Å². The molecule has 0 N–H and O–H groups in total. The highest BCUT2D eigenvalue weighted by molar-refractivity contribution is 9.10. The smallest absolute Gasteiger partial charge is 0.241 e. The Kier molecular flexibility index (Phi) is 4.66. The number of thiazole rings is 1. The van der Waals surface area contributed by atoms with Gasteiger partial charge in [0, 0.05) is 23.5 Å². The molecule has 1 unspecified atom stereocenters. The van der Waals surface area contributed by atoms with Gasteiger partial charge in [0.25, 0.3) is 0 Å². The fourth-order valence-electron chi connectivity index (χ4n) is 3.18. The second kappa shape index (κ2) is 6.79. The predicted octanol–water partition coefficient (Wildman–Crippen LogP) is 4.63. The van der Waals surface area contributed by atoms with E-state index < -0.39 is 10.0 Å². The van der Waals surface area contributed by atoms with Gasteiger partial charge in [0.15, 0.2) is 0 Å². The van der Waals surface area contributed by atoms with E-state index in [2.05, 4.69) is 22.0 Å². The van der Waals surface area contributed by atoms with Crippen LogP contribution >= 0.6 is 27.3 Å². The van der Waals surface area contributed by atoms with E-state index in [1.807, 2.05) is 18.2 Å². The predicted molar refractivity (Wildman–Crippen MR) is 104 cm³/mol. The highest BCUT2D eigenvalue weighted by Gasteiger charge is 2.32. The lowest BCUT2D eigenvalue weighted by Crippen LogP contribution is -2.39. The molecule has 130 valence electrons. The third-order valence-electron chi connectivity index (χ3n) is 4.50. The first-order valence-corrected chi connectivity index (χ1v) is 11.2. The summed E-state index contributed by atoms with van der Waals surface area (Å²) in [7, 11) is -3.46. The quantitative estimate of drug-likeness (QED) is 0.601. The summed E-state index contributed by atoms with van der Waals surface area (Å²) in [6, 6.07) is 14.9. The summed E-state index contributed by atoms with van der Waals surface area (Å²) in [5.41, 5.74) is 0.996. The minimum atomic E-state index is -3.46. The van der Waals surface area contributed by atoms with Crippen molar-refractivity contribution in [2.75, 3.05) is 13.1 Å². The summed E-state index contributed by atoms with van der Waals surface area (Å²) in [5, 5.41) is 1.04. The number of hydrogen-bond donors (Lipinski definition) is 0. The molecule has 2 aromatic carbocycles. The second-order valence-electron chi connectivity index (χ2n) is 6.18. The summed E-state index contributed by atoms with van der Waals surface area (Å²) in [6.07, 6.45) is 1.84. The Morgan fingerprint density at radius 2 is 1.88 bits per heavy atom. The molecule has 1 aliphatic rings. The third-order valence-corrected chi connectivity index (χ3v) is 8.10. The molecule has 1 atom stereocenters. The molecule has 0 aliphatic carbocycles. The highest BCUT2D eigenvalue weighted by Crippen LogP contribution is 2.34. The van der Waals surface area contributed by atoms with E-state index in [0.717, 1.165) is 32.5 Å². The van der Waals surface area contributed by atoms with Crippen LogP contribution in [0.5, 0.6) is 0 Å². The maximum Gasteiger partial charge on any atom is 0.243 e. The average Bonchev–Trinajstić information content (AvgIpc) is 3.06. The lowest BCUT2D eigenvalue weighted by molar-refractivity contribution is 0.315. The van der Waals surface area contributed by atoms with Gasteiger partial charge in [-0.05, 0) is 49.2 Å². The van der Waals surface area contributed by atoms with E-state index in [0.29, 0.717) is 18.0 Å². The Bertz CT molecular complexity index is 966. The Labute approximate surface area is 159 Å².